The molecule has 0 bridgehead atoms. The number of nitrogens with one attached hydrogen (secondary N) is 1. The van der Waals surface area contributed by atoms with Crippen molar-refractivity contribution in [3.8, 4) is 0 Å². The van der Waals surface area contributed by atoms with Crippen molar-refractivity contribution in [3.05, 3.63) is 0 Å². The lowest BCUT2D eigenvalue weighted by Gasteiger charge is -2.10. The number of hydrogen-bond donors (Lipinski definition) is 2. The number of carbonyl (C=O) groups excluding carboxylic acids is 1. The lowest BCUT2D eigenvalue weighted by atomic mass is 10.1. The van der Waals surface area contributed by atoms with Gasteiger partial charge in [-0.05, 0) is 12.8 Å². The summed E-state index contributed by atoms with van der Waals surface area (Å²) in [5.41, 5.74) is 0. The average molecular weight is 159 g/mol. The van der Waals surface area contributed by atoms with Crippen molar-refractivity contribution in [2.75, 3.05) is 0 Å². The van der Waals surface area contributed by atoms with Gasteiger partial charge in [-0.3, -0.25) is 4.79 Å². The molecular formula is C7H13NOS. The Labute approximate surface area is 66.8 Å². The van der Waals surface area contributed by atoms with Gasteiger partial charge >= 0.3 is 0 Å². The monoisotopic (exact) mass is 159 g/mol. The first-order valence-corrected chi connectivity index (χ1v) is 4.17. The van der Waals surface area contributed by atoms with E-state index in [-0.39, 0.29) is 5.91 Å². The molecule has 3 heteroatoms. The summed E-state index contributed by atoms with van der Waals surface area (Å²) < 4.78 is 0. The zero-order valence-corrected chi connectivity index (χ0v) is 7.03. The zero-order chi connectivity index (χ0) is 7.56. The predicted octanol–water partition coefficient (Wildman–Crippen LogP) is 0.973. The fourth-order valence-corrected chi connectivity index (χ4v) is 1.52. The van der Waals surface area contributed by atoms with Crippen LogP contribution in [0.25, 0.3) is 0 Å². The number of hydrogen-bond acceptors (Lipinski definition) is 2. The minimum absolute atomic E-state index is 0.194. The highest BCUT2D eigenvalue weighted by molar-refractivity contribution is 7.80. The Morgan fingerprint density at radius 1 is 1.90 bits per heavy atom. The van der Waals surface area contributed by atoms with E-state index >= 15 is 0 Å². The van der Waals surface area contributed by atoms with Crippen molar-refractivity contribution in [2.45, 2.75) is 37.5 Å². The highest BCUT2D eigenvalue weighted by atomic mass is 32.1. The molecule has 10 heavy (non-hydrogen) atoms. The maximum absolute atomic E-state index is 10.7. The van der Waals surface area contributed by atoms with Crippen LogP contribution in [-0.4, -0.2) is 17.2 Å². The minimum Gasteiger partial charge on any atom is -0.353 e. The molecule has 1 heterocycles. The van der Waals surface area contributed by atoms with Crippen LogP contribution in [0.2, 0.25) is 0 Å². The Hall–Kier alpha value is -0.180. The van der Waals surface area contributed by atoms with Gasteiger partial charge in [0.1, 0.15) is 0 Å². The highest BCUT2D eigenvalue weighted by Gasteiger charge is 2.20. The second kappa shape index (κ2) is 3.28. The van der Waals surface area contributed by atoms with Crippen molar-refractivity contribution in [1.82, 2.24) is 5.32 Å². The quantitative estimate of drug-likeness (QED) is 0.578. The Kier molecular flexibility index (Phi) is 2.60. The molecule has 0 aliphatic carbocycles. The van der Waals surface area contributed by atoms with E-state index in [0.717, 1.165) is 12.8 Å². The molecule has 0 aromatic rings. The summed E-state index contributed by atoms with van der Waals surface area (Å²) in [5, 5.41) is 3.29. The van der Waals surface area contributed by atoms with Gasteiger partial charge in [-0.15, -0.1) is 0 Å². The first-order valence-electron chi connectivity index (χ1n) is 3.66. The van der Waals surface area contributed by atoms with Crippen LogP contribution in [0.3, 0.4) is 0 Å². The minimum atomic E-state index is 0.194. The first-order chi connectivity index (χ1) is 4.68. The SMILES string of the molecule is CC(S)CC1CCC(=O)N1. The van der Waals surface area contributed by atoms with E-state index in [0.29, 0.717) is 17.7 Å². The maximum atomic E-state index is 10.7. The summed E-state index contributed by atoms with van der Waals surface area (Å²) in [4.78, 5) is 10.7. The highest BCUT2D eigenvalue weighted by Crippen LogP contribution is 2.13. The van der Waals surface area contributed by atoms with Gasteiger partial charge in [-0.2, -0.15) is 12.6 Å². The molecule has 1 rings (SSSR count). The number of rotatable bonds is 2. The molecular weight excluding hydrogens is 146 g/mol. The van der Waals surface area contributed by atoms with Crippen LogP contribution < -0.4 is 5.32 Å². The van der Waals surface area contributed by atoms with E-state index in [1.165, 1.54) is 0 Å². The molecule has 2 atom stereocenters. The van der Waals surface area contributed by atoms with Gasteiger partial charge < -0.3 is 5.32 Å². The summed E-state index contributed by atoms with van der Waals surface area (Å²) in [6.07, 6.45) is 2.68. The Bertz CT molecular complexity index is 136. The summed E-state index contributed by atoms with van der Waals surface area (Å²) in [6, 6.07) is 0.389. The molecule has 0 saturated carbocycles. The fraction of sp³-hybridized carbons (Fsp3) is 0.857. The third-order valence-electron chi connectivity index (χ3n) is 1.71. The van der Waals surface area contributed by atoms with Crippen molar-refractivity contribution < 1.29 is 4.79 Å². The van der Waals surface area contributed by atoms with Gasteiger partial charge in [0.05, 0.1) is 0 Å². The molecule has 1 fully saturated rings. The molecule has 1 N–H and O–H groups in total. The first kappa shape index (κ1) is 7.92. The van der Waals surface area contributed by atoms with Crippen LogP contribution in [0.15, 0.2) is 0 Å². The van der Waals surface area contributed by atoms with Gasteiger partial charge in [-0.25, -0.2) is 0 Å². The molecule has 1 saturated heterocycles. The van der Waals surface area contributed by atoms with Crippen LogP contribution in [0.5, 0.6) is 0 Å². The summed E-state index contributed by atoms with van der Waals surface area (Å²) in [6.45, 7) is 2.05. The van der Waals surface area contributed by atoms with E-state index in [2.05, 4.69) is 17.9 Å². The fourth-order valence-electron chi connectivity index (χ4n) is 1.27. The van der Waals surface area contributed by atoms with Crippen LogP contribution >= 0.6 is 12.6 Å². The molecule has 0 aromatic carbocycles. The van der Waals surface area contributed by atoms with Crippen molar-refractivity contribution in [1.29, 1.82) is 0 Å². The summed E-state index contributed by atoms with van der Waals surface area (Å²) >= 11 is 4.25. The molecule has 0 radical (unpaired) electrons. The van der Waals surface area contributed by atoms with Crippen LogP contribution in [0, 0.1) is 0 Å². The van der Waals surface area contributed by atoms with Crippen LogP contribution in [0.4, 0.5) is 0 Å². The second-order valence-corrected chi connectivity index (χ2v) is 3.77. The predicted molar refractivity (Wildman–Crippen MR) is 44.2 cm³/mol. The third kappa shape index (κ3) is 2.21. The normalized spacial score (nSPS) is 28.2. The summed E-state index contributed by atoms with van der Waals surface area (Å²) in [7, 11) is 0. The third-order valence-corrected chi connectivity index (χ3v) is 1.92. The Balaban J connectivity index is 2.24. The van der Waals surface area contributed by atoms with Crippen LogP contribution in [-0.2, 0) is 4.79 Å². The van der Waals surface area contributed by atoms with Gasteiger partial charge in [0.2, 0.25) is 5.91 Å². The Morgan fingerprint density at radius 2 is 2.60 bits per heavy atom. The lowest BCUT2D eigenvalue weighted by molar-refractivity contribution is -0.119. The molecule has 0 spiro atoms. The van der Waals surface area contributed by atoms with E-state index in [9.17, 15) is 4.79 Å². The standard InChI is InChI=1S/C7H13NOS/c1-5(10)4-6-2-3-7(9)8-6/h5-6,10H,2-4H2,1H3,(H,8,9). The molecule has 0 aromatic heterocycles. The van der Waals surface area contributed by atoms with Gasteiger partial charge in [0, 0.05) is 17.7 Å². The van der Waals surface area contributed by atoms with Crippen molar-refractivity contribution >= 4 is 18.5 Å². The van der Waals surface area contributed by atoms with E-state index < -0.39 is 0 Å². The maximum Gasteiger partial charge on any atom is 0.220 e. The molecule has 1 amide bonds. The average Bonchev–Trinajstić information content (AvgIpc) is 2.13. The van der Waals surface area contributed by atoms with Gasteiger partial charge in [-0.1, -0.05) is 6.92 Å². The lowest BCUT2D eigenvalue weighted by Crippen LogP contribution is -2.27. The van der Waals surface area contributed by atoms with Gasteiger partial charge in [0.25, 0.3) is 0 Å². The molecule has 1 aliphatic heterocycles. The van der Waals surface area contributed by atoms with Crippen molar-refractivity contribution in [3.63, 3.8) is 0 Å². The number of carbonyl (C=O) groups is 1. The second-order valence-electron chi connectivity index (χ2n) is 2.89. The molecule has 58 valence electrons. The largest absolute Gasteiger partial charge is 0.353 e. The molecule has 2 nitrogen and oxygen atoms in total. The Morgan fingerprint density at radius 3 is 3.00 bits per heavy atom. The van der Waals surface area contributed by atoms with Gasteiger partial charge in [0.15, 0.2) is 0 Å². The van der Waals surface area contributed by atoms with E-state index in [1.54, 1.807) is 0 Å². The topological polar surface area (TPSA) is 29.1 Å². The zero-order valence-electron chi connectivity index (χ0n) is 6.13. The van der Waals surface area contributed by atoms with Crippen molar-refractivity contribution in [2.24, 2.45) is 0 Å². The molecule has 2 unspecified atom stereocenters. The summed E-state index contributed by atoms with van der Waals surface area (Å²) in [5.74, 6) is 0.194. The number of amides is 1. The number of thiol groups is 1. The van der Waals surface area contributed by atoms with E-state index in [4.69, 9.17) is 0 Å². The molecule has 1 aliphatic rings. The van der Waals surface area contributed by atoms with Crippen LogP contribution in [0.1, 0.15) is 26.2 Å². The van der Waals surface area contributed by atoms with E-state index in [1.807, 2.05) is 6.92 Å². The smallest absolute Gasteiger partial charge is 0.220 e.